The molecule has 0 unspecified atom stereocenters. The Bertz CT molecular complexity index is 930. The van der Waals surface area contributed by atoms with Crippen molar-refractivity contribution in [1.29, 1.82) is 0 Å². The SMILES string of the molecule is C[C@@H]1COC(=O)N1c1ccc(C(=O)N2CCN(c3ncc(Cl)cc3Cl)CC2)cc1. The lowest BCUT2D eigenvalue weighted by atomic mass is 10.1. The van der Waals surface area contributed by atoms with Crippen LogP contribution in [-0.2, 0) is 4.74 Å². The fourth-order valence-corrected chi connectivity index (χ4v) is 4.08. The molecule has 2 aliphatic heterocycles. The van der Waals surface area contributed by atoms with Gasteiger partial charge in [0, 0.05) is 43.6 Å². The van der Waals surface area contributed by atoms with Crippen LogP contribution in [0.25, 0.3) is 0 Å². The van der Waals surface area contributed by atoms with E-state index < -0.39 is 0 Å². The van der Waals surface area contributed by atoms with Gasteiger partial charge in [0.15, 0.2) is 0 Å². The minimum Gasteiger partial charge on any atom is -0.447 e. The largest absolute Gasteiger partial charge is 0.447 e. The van der Waals surface area contributed by atoms with Crippen molar-refractivity contribution in [3.8, 4) is 0 Å². The van der Waals surface area contributed by atoms with Crippen molar-refractivity contribution in [2.75, 3.05) is 42.6 Å². The zero-order chi connectivity index (χ0) is 20.5. The molecule has 1 aromatic heterocycles. The van der Waals surface area contributed by atoms with Crippen LogP contribution in [0.3, 0.4) is 0 Å². The molecule has 0 spiro atoms. The molecule has 0 saturated carbocycles. The molecule has 0 bridgehead atoms. The normalized spacial score (nSPS) is 19.5. The Hall–Kier alpha value is -2.51. The number of piperazine rings is 1. The summed E-state index contributed by atoms with van der Waals surface area (Å²) in [6.07, 6.45) is 1.21. The molecule has 29 heavy (non-hydrogen) atoms. The van der Waals surface area contributed by atoms with Gasteiger partial charge in [-0.2, -0.15) is 0 Å². The number of rotatable bonds is 3. The molecule has 2 saturated heterocycles. The third-order valence-electron chi connectivity index (χ3n) is 5.13. The van der Waals surface area contributed by atoms with Crippen LogP contribution in [0.1, 0.15) is 17.3 Å². The summed E-state index contributed by atoms with van der Waals surface area (Å²) in [4.78, 5) is 34.5. The Morgan fingerprint density at radius 1 is 1.14 bits per heavy atom. The molecule has 0 N–H and O–H groups in total. The van der Waals surface area contributed by atoms with Crippen molar-refractivity contribution in [3.63, 3.8) is 0 Å². The molecule has 0 aliphatic carbocycles. The predicted molar refractivity (Wildman–Crippen MR) is 112 cm³/mol. The number of halogens is 2. The van der Waals surface area contributed by atoms with Gasteiger partial charge in [-0.3, -0.25) is 9.69 Å². The molecule has 2 amide bonds. The van der Waals surface area contributed by atoms with Gasteiger partial charge in [0.25, 0.3) is 5.91 Å². The van der Waals surface area contributed by atoms with E-state index in [2.05, 4.69) is 4.98 Å². The number of anilines is 2. The first-order valence-electron chi connectivity index (χ1n) is 9.35. The molecule has 1 aromatic carbocycles. The van der Waals surface area contributed by atoms with Crippen molar-refractivity contribution >= 4 is 46.7 Å². The first kappa shape index (κ1) is 19.8. The number of hydrogen-bond donors (Lipinski definition) is 0. The highest BCUT2D eigenvalue weighted by molar-refractivity contribution is 6.36. The summed E-state index contributed by atoms with van der Waals surface area (Å²) in [6.45, 7) is 4.69. The second kappa shape index (κ2) is 8.08. The maximum Gasteiger partial charge on any atom is 0.414 e. The van der Waals surface area contributed by atoms with Crippen LogP contribution in [0.15, 0.2) is 36.5 Å². The van der Waals surface area contributed by atoms with Crippen molar-refractivity contribution < 1.29 is 14.3 Å². The van der Waals surface area contributed by atoms with E-state index in [4.69, 9.17) is 27.9 Å². The van der Waals surface area contributed by atoms with Gasteiger partial charge in [-0.1, -0.05) is 23.2 Å². The number of carbonyl (C=O) groups excluding carboxylic acids is 2. The number of hydrogen-bond acceptors (Lipinski definition) is 5. The minimum atomic E-state index is -0.359. The first-order valence-corrected chi connectivity index (χ1v) is 10.1. The molecular weight excluding hydrogens is 415 g/mol. The topological polar surface area (TPSA) is 66.0 Å². The highest BCUT2D eigenvalue weighted by atomic mass is 35.5. The molecule has 2 fully saturated rings. The molecule has 0 radical (unpaired) electrons. The average Bonchev–Trinajstić information content (AvgIpc) is 3.06. The predicted octanol–water partition coefficient (Wildman–Crippen LogP) is 3.70. The van der Waals surface area contributed by atoms with E-state index in [1.807, 2.05) is 16.7 Å². The van der Waals surface area contributed by atoms with Gasteiger partial charge in [-0.15, -0.1) is 0 Å². The van der Waals surface area contributed by atoms with Crippen LogP contribution in [-0.4, -0.2) is 60.7 Å². The van der Waals surface area contributed by atoms with E-state index in [0.717, 1.165) is 5.69 Å². The van der Waals surface area contributed by atoms with Crippen molar-refractivity contribution in [2.45, 2.75) is 13.0 Å². The number of cyclic esters (lactones) is 1. The summed E-state index contributed by atoms with van der Waals surface area (Å²) in [5, 5.41) is 0.995. The fraction of sp³-hybridized carbons (Fsp3) is 0.350. The maximum atomic E-state index is 12.9. The molecule has 2 aromatic rings. The number of pyridine rings is 1. The number of amides is 2. The Kier molecular flexibility index (Phi) is 5.52. The molecule has 1 atom stereocenters. The Balaban J connectivity index is 1.40. The summed E-state index contributed by atoms with van der Waals surface area (Å²) in [5.41, 5.74) is 1.31. The lowest BCUT2D eigenvalue weighted by Crippen LogP contribution is -2.49. The van der Waals surface area contributed by atoms with Gasteiger partial charge in [0.1, 0.15) is 12.4 Å². The van der Waals surface area contributed by atoms with Crippen LogP contribution in [0, 0.1) is 0 Å². The molecule has 4 rings (SSSR count). The molecule has 2 aliphatic rings. The number of benzene rings is 1. The van der Waals surface area contributed by atoms with Gasteiger partial charge < -0.3 is 14.5 Å². The number of ether oxygens (including phenoxy) is 1. The Morgan fingerprint density at radius 3 is 2.41 bits per heavy atom. The number of nitrogens with zero attached hydrogens (tertiary/aromatic N) is 4. The van der Waals surface area contributed by atoms with Gasteiger partial charge >= 0.3 is 6.09 Å². The Labute approximate surface area is 178 Å². The zero-order valence-electron chi connectivity index (χ0n) is 15.8. The first-order chi connectivity index (χ1) is 13.9. The standard InChI is InChI=1S/C20H20Cl2N4O3/c1-13-12-29-20(28)26(13)16-4-2-14(3-5-16)19(27)25-8-6-24(7-9-25)18-17(22)10-15(21)11-23-18/h2-5,10-11,13H,6-9,12H2,1H3/t13-/m1/s1. The average molecular weight is 435 g/mol. The second-order valence-electron chi connectivity index (χ2n) is 7.08. The lowest BCUT2D eigenvalue weighted by Gasteiger charge is -2.35. The highest BCUT2D eigenvalue weighted by Crippen LogP contribution is 2.27. The molecule has 3 heterocycles. The van der Waals surface area contributed by atoms with Crippen molar-refractivity contribution in [2.24, 2.45) is 0 Å². The third kappa shape index (κ3) is 3.97. The van der Waals surface area contributed by atoms with Gasteiger partial charge in [-0.05, 0) is 37.3 Å². The monoisotopic (exact) mass is 434 g/mol. The quantitative estimate of drug-likeness (QED) is 0.736. The van der Waals surface area contributed by atoms with E-state index in [1.165, 1.54) is 0 Å². The van der Waals surface area contributed by atoms with Crippen LogP contribution >= 0.6 is 23.2 Å². The van der Waals surface area contributed by atoms with E-state index >= 15 is 0 Å². The minimum absolute atomic E-state index is 0.0227. The van der Waals surface area contributed by atoms with E-state index in [0.29, 0.717) is 54.2 Å². The fourth-order valence-electron chi connectivity index (χ4n) is 3.58. The Morgan fingerprint density at radius 2 is 1.83 bits per heavy atom. The van der Waals surface area contributed by atoms with E-state index in [-0.39, 0.29) is 18.0 Å². The maximum absolute atomic E-state index is 12.9. The van der Waals surface area contributed by atoms with E-state index in [9.17, 15) is 9.59 Å². The molecule has 152 valence electrons. The summed E-state index contributed by atoms with van der Waals surface area (Å²) in [5.74, 6) is 0.641. The summed E-state index contributed by atoms with van der Waals surface area (Å²) in [6, 6.07) is 8.71. The highest BCUT2D eigenvalue weighted by Gasteiger charge is 2.31. The van der Waals surface area contributed by atoms with Crippen LogP contribution in [0.5, 0.6) is 0 Å². The van der Waals surface area contributed by atoms with Gasteiger partial charge in [-0.25, -0.2) is 9.78 Å². The smallest absolute Gasteiger partial charge is 0.414 e. The molecular formula is C20H20Cl2N4O3. The van der Waals surface area contributed by atoms with Gasteiger partial charge in [0.05, 0.1) is 16.1 Å². The van der Waals surface area contributed by atoms with Crippen LogP contribution in [0.2, 0.25) is 10.0 Å². The lowest BCUT2D eigenvalue weighted by molar-refractivity contribution is 0.0746. The van der Waals surface area contributed by atoms with Crippen LogP contribution in [0.4, 0.5) is 16.3 Å². The van der Waals surface area contributed by atoms with Crippen molar-refractivity contribution in [3.05, 3.63) is 52.1 Å². The van der Waals surface area contributed by atoms with Crippen LogP contribution < -0.4 is 9.80 Å². The second-order valence-corrected chi connectivity index (χ2v) is 7.92. The summed E-state index contributed by atoms with van der Waals surface area (Å²) >= 11 is 12.2. The van der Waals surface area contributed by atoms with Crippen molar-refractivity contribution in [1.82, 2.24) is 9.88 Å². The summed E-state index contributed by atoms with van der Waals surface area (Å²) < 4.78 is 5.05. The summed E-state index contributed by atoms with van der Waals surface area (Å²) in [7, 11) is 0. The zero-order valence-corrected chi connectivity index (χ0v) is 17.4. The van der Waals surface area contributed by atoms with Gasteiger partial charge in [0.2, 0.25) is 0 Å². The third-order valence-corrected chi connectivity index (χ3v) is 5.62. The molecule has 7 nitrogen and oxygen atoms in total. The van der Waals surface area contributed by atoms with E-state index in [1.54, 1.807) is 41.4 Å². The number of carbonyl (C=O) groups is 2. The molecule has 9 heteroatoms. The number of aromatic nitrogens is 1.